The van der Waals surface area contributed by atoms with Gasteiger partial charge in [-0.1, -0.05) is 0 Å². The van der Waals surface area contributed by atoms with Crippen molar-refractivity contribution in [3.8, 4) is 0 Å². The van der Waals surface area contributed by atoms with Gasteiger partial charge < -0.3 is 5.73 Å². The van der Waals surface area contributed by atoms with Gasteiger partial charge in [0.2, 0.25) is 0 Å². The summed E-state index contributed by atoms with van der Waals surface area (Å²) in [5, 5.41) is 0. The molecule has 1 aliphatic rings. The Labute approximate surface area is 72.6 Å². The van der Waals surface area contributed by atoms with Crippen molar-refractivity contribution in [1.82, 2.24) is 4.98 Å². The Morgan fingerprint density at radius 2 is 2.00 bits per heavy atom. The van der Waals surface area contributed by atoms with Crippen LogP contribution in [0.25, 0.3) is 0 Å². The third kappa shape index (κ3) is 1.11. The Bertz CT molecular complexity index is 336. The van der Waals surface area contributed by atoms with Crippen molar-refractivity contribution in [2.45, 2.75) is 17.9 Å². The molecule has 70 valence electrons. The molecule has 5 heteroatoms. The van der Waals surface area contributed by atoms with Crippen LogP contribution >= 0.6 is 0 Å². The number of nitrogens with two attached hydrogens (primary N) is 1. The molecular weight excluding hydrogens is 181 g/mol. The second kappa shape index (κ2) is 2.23. The van der Waals surface area contributed by atoms with E-state index in [1.807, 2.05) is 0 Å². The predicted molar refractivity (Wildman–Crippen MR) is 39.6 cm³/mol. The van der Waals surface area contributed by atoms with Gasteiger partial charge in [0.25, 0.3) is 5.92 Å². The highest BCUT2D eigenvalue weighted by atomic mass is 19.3. The maximum absolute atomic E-state index is 12.7. The summed E-state index contributed by atoms with van der Waals surface area (Å²) in [5.41, 5.74) is 3.72. The maximum atomic E-state index is 12.7. The molecule has 0 amide bonds. The fraction of sp³-hybridized carbons (Fsp3) is 0.375. The quantitative estimate of drug-likeness (QED) is 0.723. The van der Waals surface area contributed by atoms with Crippen LogP contribution in [0.15, 0.2) is 18.3 Å². The summed E-state index contributed by atoms with van der Waals surface area (Å²) in [6.07, 6.45) is 0.469. The van der Waals surface area contributed by atoms with Crippen LogP contribution in [0.4, 0.5) is 13.2 Å². The Morgan fingerprint density at radius 1 is 1.38 bits per heavy atom. The summed E-state index contributed by atoms with van der Waals surface area (Å²) in [6.45, 7) is 0. The number of rotatable bonds is 1. The third-order valence-electron chi connectivity index (χ3n) is 2.21. The first-order valence-corrected chi connectivity index (χ1v) is 3.74. The van der Waals surface area contributed by atoms with Gasteiger partial charge in [-0.25, -0.2) is 13.2 Å². The average Bonchev–Trinajstić information content (AvgIpc) is 2.53. The van der Waals surface area contributed by atoms with Gasteiger partial charge in [-0.2, -0.15) is 0 Å². The van der Waals surface area contributed by atoms with E-state index >= 15 is 0 Å². The lowest BCUT2D eigenvalue weighted by Crippen LogP contribution is -2.28. The number of hydrogen-bond donors (Lipinski definition) is 1. The van der Waals surface area contributed by atoms with Gasteiger partial charge in [-0.3, -0.25) is 4.98 Å². The summed E-state index contributed by atoms with van der Waals surface area (Å²) in [6, 6.07) is 2.27. The Hall–Kier alpha value is -1.10. The van der Waals surface area contributed by atoms with Gasteiger partial charge in [0.05, 0.1) is 11.9 Å². The van der Waals surface area contributed by atoms with Crippen molar-refractivity contribution in [3.05, 3.63) is 29.8 Å². The van der Waals surface area contributed by atoms with Crippen molar-refractivity contribution < 1.29 is 13.2 Å². The number of pyridine rings is 1. The van der Waals surface area contributed by atoms with Gasteiger partial charge in [0.1, 0.15) is 11.4 Å². The first-order chi connectivity index (χ1) is 5.96. The number of alkyl halides is 2. The monoisotopic (exact) mass is 188 g/mol. The minimum absolute atomic E-state index is 0.0406. The topological polar surface area (TPSA) is 38.9 Å². The number of hydrogen-bond acceptors (Lipinski definition) is 2. The van der Waals surface area contributed by atoms with E-state index in [1.165, 1.54) is 6.07 Å². The molecule has 2 nitrogen and oxygen atoms in total. The standard InChI is InChI=1S/C8H7F3N2/c9-5-1-2-6(13-3-5)7(12)4-8(7,10)11/h1-3H,4,12H2. The molecule has 0 saturated heterocycles. The van der Waals surface area contributed by atoms with Crippen LogP contribution in [0.1, 0.15) is 12.1 Å². The highest BCUT2D eigenvalue weighted by molar-refractivity contribution is 5.30. The van der Waals surface area contributed by atoms with Crippen molar-refractivity contribution in [2.24, 2.45) is 5.73 Å². The van der Waals surface area contributed by atoms with Crippen molar-refractivity contribution >= 4 is 0 Å². The Balaban J connectivity index is 2.34. The van der Waals surface area contributed by atoms with Gasteiger partial charge in [0, 0.05) is 6.42 Å². The van der Waals surface area contributed by atoms with E-state index in [0.717, 1.165) is 12.3 Å². The fourth-order valence-electron chi connectivity index (χ4n) is 1.22. The van der Waals surface area contributed by atoms with Crippen molar-refractivity contribution in [3.63, 3.8) is 0 Å². The molecule has 13 heavy (non-hydrogen) atoms. The summed E-state index contributed by atoms with van der Waals surface area (Å²) in [5.74, 6) is -3.46. The largest absolute Gasteiger partial charge is 0.315 e. The molecule has 2 N–H and O–H groups in total. The molecule has 1 unspecified atom stereocenters. The SMILES string of the molecule is NC1(c2ccc(F)cn2)CC1(F)F. The van der Waals surface area contributed by atoms with Crippen molar-refractivity contribution in [1.29, 1.82) is 0 Å². The molecule has 0 radical (unpaired) electrons. The first-order valence-electron chi connectivity index (χ1n) is 3.74. The van der Waals surface area contributed by atoms with E-state index in [2.05, 4.69) is 4.98 Å². The fourth-order valence-corrected chi connectivity index (χ4v) is 1.22. The molecule has 1 aromatic heterocycles. The van der Waals surface area contributed by atoms with Crippen LogP contribution in [0.3, 0.4) is 0 Å². The highest BCUT2D eigenvalue weighted by Crippen LogP contribution is 2.56. The van der Waals surface area contributed by atoms with Crippen LogP contribution in [0.5, 0.6) is 0 Å². The van der Waals surface area contributed by atoms with Gasteiger partial charge in [-0.15, -0.1) is 0 Å². The average molecular weight is 188 g/mol. The number of nitrogens with zero attached hydrogens (tertiary/aromatic N) is 1. The van der Waals surface area contributed by atoms with Crippen molar-refractivity contribution in [2.75, 3.05) is 0 Å². The minimum atomic E-state index is -2.90. The Morgan fingerprint density at radius 3 is 2.38 bits per heavy atom. The second-order valence-electron chi connectivity index (χ2n) is 3.21. The lowest BCUT2D eigenvalue weighted by atomic mass is 10.1. The molecule has 0 aliphatic heterocycles. The van der Waals surface area contributed by atoms with Crippen LogP contribution < -0.4 is 5.73 Å². The summed E-state index contributed by atoms with van der Waals surface area (Å²) < 4.78 is 37.8. The minimum Gasteiger partial charge on any atom is -0.315 e. The van der Waals surface area contributed by atoms with E-state index in [-0.39, 0.29) is 5.69 Å². The first kappa shape index (κ1) is 8.50. The maximum Gasteiger partial charge on any atom is 0.273 e. The van der Waals surface area contributed by atoms with Crippen LogP contribution in [-0.2, 0) is 5.54 Å². The highest BCUT2D eigenvalue weighted by Gasteiger charge is 2.70. The van der Waals surface area contributed by atoms with Crippen LogP contribution in [0.2, 0.25) is 0 Å². The third-order valence-corrected chi connectivity index (χ3v) is 2.21. The molecule has 1 heterocycles. The zero-order valence-corrected chi connectivity index (χ0v) is 6.60. The molecule has 0 spiro atoms. The summed E-state index contributed by atoms with van der Waals surface area (Å²) in [7, 11) is 0. The smallest absolute Gasteiger partial charge is 0.273 e. The normalized spacial score (nSPS) is 30.2. The van der Waals surface area contributed by atoms with E-state index < -0.39 is 23.7 Å². The molecule has 2 rings (SSSR count). The zero-order valence-electron chi connectivity index (χ0n) is 6.60. The molecule has 1 saturated carbocycles. The van der Waals surface area contributed by atoms with E-state index in [4.69, 9.17) is 5.73 Å². The van der Waals surface area contributed by atoms with Crippen LogP contribution in [0, 0.1) is 5.82 Å². The lowest BCUT2D eigenvalue weighted by molar-refractivity contribution is 0.0880. The Kier molecular flexibility index (Phi) is 1.46. The molecule has 1 aliphatic carbocycles. The van der Waals surface area contributed by atoms with Crippen LogP contribution in [-0.4, -0.2) is 10.9 Å². The van der Waals surface area contributed by atoms with E-state index in [1.54, 1.807) is 0 Å². The van der Waals surface area contributed by atoms with E-state index in [0.29, 0.717) is 0 Å². The van der Waals surface area contributed by atoms with E-state index in [9.17, 15) is 13.2 Å². The molecule has 0 bridgehead atoms. The van der Waals surface area contributed by atoms with Gasteiger partial charge >= 0.3 is 0 Å². The molecular formula is C8H7F3N2. The zero-order chi connectivity index (χ0) is 9.69. The van der Waals surface area contributed by atoms with Gasteiger partial charge in [0.15, 0.2) is 0 Å². The molecule has 1 aromatic rings. The molecule has 1 fully saturated rings. The lowest BCUT2D eigenvalue weighted by Gasteiger charge is -2.08. The summed E-state index contributed by atoms with van der Waals surface area (Å²) in [4.78, 5) is 3.53. The second-order valence-corrected chi connectivity index (χ2v) is 3.21. The molecule has 0 aromatic carbocycles. The van der Waals surface area contributed by atoms with Gasteiger partial charge in [-0.05, 0) is 12.1 Å². The summed E-state index contributed by atoms with van der Waals surface area (Å²) >= 11 is 0. The predicted octanol–water partition coefficient (Wildman–Crippen LogP) is 1.41. The molecule has 1 atom stereocenters. The number of halogens is 3. The number of aromatic nitrogens is 1.